The summed E-state index contributed by atoms with van der Waals surface area (Å²) in [4.78, 5) is 56.1. The molecule has 2 aliphatic rings. The van der Waals surface area contributed by atoms with Gasteiger partial charge in [-0.3, -0.25) is 24.1 Å². The molecule has 328 valence electrons. The van der Waals surface area contributed by atoms with Gasteiger partial charge in [-0.05, 0) is 115 Å². The van der Waals surface area contributed by atoms with Gasteiger partial charge in [-0.2, -0.15) is 26.3 Å². The van der Waals surface area contributed by atoms with Crippen molar-refractivity contribution in [1.82, 2.24) is 4.90 Å². The first-order valence-corrected chi connectivity index (χ1v) is 20.5. The summed E-state index contributed by atoms with van der Waals surface area (Å²) in [5.74, 6) is -2.46. The number of imide groups is 2. The van der Waals surface area contributed by atoms with E-state index in [9.17, 15) is 19.2 Å². The average molecular weight is 871 g/mol. The molecule has 8 nitrogen and oxygen atoms in total. The zero-order valence-corrected chi connectivity index (χ0v) is 35.3. The Morgan fingerprint density at radius 1 is 0.460 bits per heavy atom. The van der Waals surface area contributed by atoms with Crippen molar-refractivity contribution >= 4 is 29.3 Å². The number of amides is 4. The molecule has 5 aromatic carbocycles. The number of benzene rings is 5. The van der Waals surface area contributed by atoms with E-state index in [1.165, 1.54) is 24.3 Å². The summed E-state index contributed by atoms with van der Waals surface area (Å²) in [6.07, 6.45) is -9.76. The highest BCUT2D eigenvalue weighted by Gasteiger charge is 2.73. The van der Waals surface area contributed by atoms with Crippen molar-refractivity contribution in [3.8, 4) is 23.0 Å². The molecule has 0 aliphatic carbocycles. The van der Waals surface area contributed by atoms with Crippen LogP contribution in [0.4, 0.5) is 32.0 Å². The minimum Gasteiger partial charge on any atom is -0.457 e. The summed E-state index contributed by atoms with van der Waals surface area (Å²) >= 11 is 0. The molecule has 0 radical (unpaired) electrons. The molecular formula is C49H44F6N2O6. The summed E-state index contributed by atoms with van der Waals surface area (Å²) in [6.45, 7) is 11.5. The van der Waals surface area contributed by atoms with Gasteiger partial charge in [0.2, 0.25) is 5.41 Å². The van der Waals surface area contributed by atoms with E-state index >= 15 is 26.3 Å². The minimum atomic E-state index is -6.10. The largest absolute Gasteiger partial charge is 0.457 e. The van der Waals surface area contributed by atoms with Crippen LogP contribution in [0, 0.1) is 0 Å². The van der Waals surface area contributed by atoms with Gasteiger partial charge in [0.1, 0.15) is 23.0 Å². The van der Waals surface area contributed by atoms with Gasteiger partial charge in [0.15, 0.2) is 0 Å². The second kappa shape index (κ2) is 16.0. The fourth-order valence-corrected chi connectivity index (χ4v) is 8.37. The van der Waals surface area contributed by atoms with E-state index in [4.69, 9.17) is 9.47 Å². The third-order valence-electron chi connectivity index (χ3n) is 13.0. The fourth-order valence-electron chi connectivity index (χ4n) is 8.37. The summed E-state index contributed by atoms with van der Waals surface area (Å²) in [7, 11) is 0. The SMILES string of the molecule is CCC(C)(CC)c1cccc(Oc2cccc(Oc3cccc(N4C(=O)c5ccc(C(c6ccc7c(c6)C(=O)N(C(C)(CC)CC)C7=O)(C(F)(F)F)C(F)(F)F)cc5C4=O)c3)c2)c1. The predicted octanol–water partition coefficient (Wildman–Crippen LogP) is 12.7. The van der Waals surface area contributed by atoms with Gasteiger partial charge in [0.25, 0.3) is 23.6 Å². The summed E-state index contributed by atoms with van der Waals surface area (Å²) in [5, 5.41) is 0. The second-order valence-electron chi connectivity index (χ2n) is 16.3. The Bertz CT molecular complexity index is 2630. The first kappa shape index (κ1) is 44.6. The third-order valence-corrected chi connectivity index (χ3v) is 13.0. The molecule has 7 rings (SSSR count). The van der Waals surface area contributed by atoms with Crippen LogP contribution in [-0.2, 0) is 10.8 Å². The molecule has 0 fully saturated rings. The summed E-state index contributed by atoms with van der Waals surface area (Å²) in [6, 6.07) is 23.7. The lowest BCUT2D eigenvalue weighted by Crippen LogP contribution is -2.55. The highest BCUT2D eigenvalue weighted by molar-refractivity contribution is 6.34. The topological polar surface area (TPSA) is 93.2 Å². The Morgan fingerprint density at radius 3 is 1.40 bits per heavy atom. The lowest BCUT2D eigenvalue weighted by molar-refractivity contribution is -0.288. The first-order valence-electron chi connectivity index (χ1n) is 20.5. The van der Waals surface area contributed by atoms with Crippen molar-refractivity contribution in [2.45, 2.75) is 95.9 Å². The lowest BCUT2D eigenvalue weighted by atomic mass is 9.71. The molecule has 14 heteroatoms. The number of rotatable bonds is 13. The van der Waals surface area contributed by atoms with Gasteiger partial charge in [0.05, 0.1) is 27.9 Å². The Labute approximate surface area is 360 Å². The third kappa shape index (κ3) is 7.32. The van der Waals surface area contributed by atoms with Gasteiger partial charge in [-0.15, -0.1) is 0 Å². The van der Waals surface area contributed by atoms with Crippen molar-refractivity contribution in [3.05, 3.63) is 148 Å². The Kier molecular flexibility index (Phi) is 11.4. The molecule has 63 heavy (non-hydrogen) atoms. The highest BCUT2D eigenvalue weighted by atomic mass is 19.4. The zero-order chi connectivity index (χ0) is 45.9. The van der Waals surface area contributed by atoms with E-state index in [1.807, 2.05) is 18.2 Å². The highest BCUT2D eigenvalue weighted by Crippen LogP contribution is 2.57. The van der Waals surface area contributed by atoms with Crippen LogP contribution in [0.2, 0.25) is 0 Å². The number of nitrogens with zero attached hydrogens (tertiary/aromatic N) is 2. The molecule has 2 aliphatic heterocycles. The average Bonchev–Trinajstić information content (AvgIpc) is 3.65. The van der Waals surface area contributed by atoms with Crippen LogP contribution >= 0.6 is 0 Å². The van der Waals surface area contributed by atoms with Crippen LogP contribution in [-0.4, -0.2) is 46.4 Å². The van der Waals surface area contributed by atoms with Crippen molar-refractivity contribution in [3.63, 3.8) is 0 Å². The van der Waals surface area contributed by atoms with E-state index < -0.39 is 74.8 Å². The Balaban J connectivity index is 1.20. The number of hydrogen-bond acceptors (Lipinski definition) is 6. The molecule has 4 amide bonds. The quantitative estimate of drug-likeness (QED) is 0.0864. The molecule has 0 unspecified atom stereocenters. The van der Waals surface area contributed by atoms with Gasteiger partial charge in [0, 0.05) is 17.7 Å². The van der Waals surface area contributed by atoms with E-state index in [1.54, 1.807) is 45.0 Å². The maximum atomic E-state index is 15.4. The van der Waals surface area contributed by atoms with E-state index in [0.29, 0.717) is 46.4 Å². The van der Waals surface area contributed by atoms with E-state index in [2.05, 4.69) is 26.8 Å². The number of carbonyl (C=O) groups is 4. The molecule has 0 atom stereocenters. The van der Waals surface area contributed by atoms with Gasteiger partial charge < -0.3 is 9.47 Å². The smallest absolute Gasteiger partial charge is 0.411 e. The number of halogens is 6. The molecule has 2 heterocycles. The number of anilines is 1. The maximum absolute atomic E-state index is 15.4. The number of alkyl halides is 6. The van der Waals surface area contributed by atoms with Gasteiger partial charge in [-0.25, -0.2) is 4.90 Å². The van der Waals surface area contributed by atoms with E-state index in [-0.39, 0.29) is 35.3 Å². The first-order chi connectivity index (χ1) is 29.7. The standard InChI is InChI=1S/C49H44F6N2O6/c1-7-45(5,8-2)29-14-11-16-33(24-29)62-35-18-13-19-36(28-35)63-34-17-12-15-32(27-34)56-41(58)37-22-20-30(25-39(37)42(56)59)47(48(50,51)52,49(53,54)55)31-21-23-38-40(26-31)44(61)57(43(38)60)46(6,9-3)10-4/h11-28H,7-10H2,1-6H3. The number of hydrogen-bond donors (Lipinski definition) is 0. The van der Waals surface area contributed by atoms with Crippen molar-refractivity contribution in [2.24, 2.45) is 0 Å². The minimum absolute atomic E-state index is 0.0307. The molecule has 0 bridgehead atoms. The van der Waals surface area contributed by atoms with Crippen molar-refractivity contribution in [1.29, 1.82) is 0 Å². The summed E-state index contributed by atoms with van der Waals surface area (Å²) < 4.78 is 105. The molecule has 0 N–H and O–H groups in total. The maximum Gasteiger partial charge on any atom is 0.411 e. The molecule has 0 saturated carbocycles. The van der Waals surface area contributed by atoms with Gasteiger partial charge in [-0.1, -0.05) is 71.0 Å². The van der Waals surface area contributed by atoms with Gasteiger partial charge >= 0.3 is 12.4 Å². The molecule has 5 aromatic rings. The van der Waals surface area contributed by atoms with Crippen molar-refractivity contribution in [2.75, 3.05) is 4.90 Å². The Hall–Kier alpha value is -6.44. The molecule has 0 spiro atoms. The van der Waals surface area contributed by atoms with Crippen LogP contribution < -0.4 is 14.4 Å². The number of ether oxygens (including phenoxy) is 2. The fraction of sp³-hybridized carbons (Fsp3) is 0.306. The van der Waals surface area contributed by atoms with Crippen LogP contribution in [0.5, 0.6) is 23.0 Å². The number of carbonyl (C=O) groups excluding carboxylic acids is 4. The van der Waals surface area contributed by atoms with Crippen LogP contribution in [0.1, 0.15) is 125 Å². The van der Waals surface area contributed by atoms with E-state index in [0.717, 1.165) is 35.4 Å². The molecule has 0 saturated heterocycles. The van der Waals surface area contributed by atoms with Crippen LogP contribution in [0.3, 0.4) is 0 Å². The van der Waals surface area contributed by atoms with Crippen LogP contribution in [0.25, 0.3) is 0 Å². The zero-order valence-electron chi connectivity index (χ0n) is 35.3. The number of fused-ring (bicyclic) bond motifs is 2. The predicted molar refractivity (Wildman–Crippen MR) is 224 cm³/mol. The molecular weight excluding hydrogens is 827 g/mol. The monoisotopic (exact) mass is 870 g/mol. The summed E-state index contributed by atoms with van der Waals surface area (Å²) in [5.41, 5.74) is -9.69. The molecule has 0 aromatic heterocycles. The second-order valence-corrected chi connectivity index (χ2v) is 16.3. The van der Waals surface area contributed by atoms with Crippen LogP contribution in [0.15, 0.2) is 109 Å². The lowest BCUT2D eigenvalue weighted by Gasteiger charge is -2.38. The van der Waals surface area contributed by atoms with Crippen molar-refractivity contribution < 1.29 is 55.0 Å². The normalized spacial score (nSPS) is 14.7. The Morgan fingerprint density at radius 2 is 0.889 bits per heavy atom.